The monoisotopic (exact) mass is 416 g/mol. The lowest BCUT2D eigenvalue weighted by atomic mass is 10.1. The second-order valence-corrected chi connectivity index (χ2v) is 7.65. The summed E-state index contributed by atoms with van der Waals surface area (Å²) in [5, 5.41) is 6.99. The van der Waals surface area contributed by atoms with Crippen LogP contribution in [-0.4, -0.2) is 30.9 Å². The minimum Gasteiger partial charge on any atom is -0.388 e. The molecule has 0 bridgehead atoms. The van der Waals surface area contributed by atoms with Gasteiger partial charge in [-0.25, -0.2) is 13.8 Å². The van der Waals surface area contributed by atoms with Crippen molar-refractivity contribution in [3.05, 3.63) is 65.4 Å². The van der Waals surface area contributed by atoms with Crippen molar-refractivity contribution in [1.82, 2.24) is 4.98 Å². The van der Waals surface area contributed by atoms with Gasteiger partial charge in [0.15, 0.2) is 16.8 Å². The van der Waals surface area contributed by atoms with E-state index in [0.717, 1.165) is 39.2 Å². The predicted molar refractivity (Wildman–Crippen MR) is 113 cm³/mol. The zero-order valence-electron chi connectivity index (χ0n) is 15.9. The first-order chi connectivity index (χ1) is 14.0. The third-order valence-corrected chi connectivity index (χ3v) is 5.47. The Balaban J connectivity index is 1.62. The number of aromatic nitrogens is 1. The number of nitrogens with two attached hydrogens (primary N) is 1. The Morgan fingerprint density at radius 1 is 1.21 bits per heavy atom. The molecule has 0 aliphatic rings. The van der Waals surface area contributed by atoms with Gasteiger partial charge in [0.1, 0.15) is 6.29 Å². The molecule has 29 heavy (non-hydrogen) atoms. The number of nitrogens with one attached hydrogen (secondary N) is 2. The summed E-state index contributed by atoms with van der Waals surface area (Å²) < 4.78 is 26.3. The average molecular weight is 416 g/mol. The smallest absolute Gasteiger partial charge is 0.183 e. The summed E-state index contributed by atoms with van der Waals surface area (Å²) in [5.74, 6) is -1.74. The molecule has 2 aromatic carbocycles. The molecule has 0 amide bonds. The summed E-state index contributed by atoms with van der Waals surface area (Å²) >= 11 is 1.48. The van der Waals surface area contributed by atoms with Crippen LogP contribution >= 0.6 is 11.3 Å². The molecule has 1 heterocycles. The van der Waals surface area contributed by atoms with Gasteiger partial charge in [0.2, 0.25) is 0 Å². The Morgan fingerprint density at radius 2 is 2.03 bits per heavy atom. The van der Waals surface area contributed by atoms with Gasteiger partial charge in [-0.05, 0) is 47.4 Å². The lowest BCUT2D eigenvalue weighted by molar-refractivity contribution is -0.107. The normalized spacial score (nSPS) is 11.9. The number of carbonyl (C=O) groups is 1. The van der Waals surface area contributed by atoms with E-state index in [1.165, 1.54) is 23.5 Å². The lowest BCUT2D eigenvalue weighted by Crippen LogP contribution is -2.31. The molecule has 152 valence electrons. The number of aldehydes is 1. The standard InChI is InChI=1S/C21H22F2N4OS/c1-25-19-5-3-15(10-14(19)6-7-28)20-12-27-21(29-20)26-11-16(24)8-13-2-4-17(22)18(23)9-13/h2-5,7,9-10,12,16,25H,6,8,11,24H2,1H3,(H,26,27)/t16-/m0/s1. The topological polar surface area (TPSA) is 80.0 Å². The molecule has 3 rings (SSSR count). The summed E-state index contributed by atoms with van der Waals surface area (Å²) in [6.45, 7) is 0.445. The van der Waals surface area contributed by atoms with Crippen molar-refractivity contribution in [2.75, 3.05) is 24.2 Å². The quantitative estimate of drug-likeness (QED) is 0.462. The van der Waals surface area contributed by atoms with Gasteiger partial charge in [0.25, 0.3) is 0 Å². The van der Waals surface area contributed by atoms with Crippen LogP contribution in [0, 0.1) is 11.6 Å². The second kappa shape index (κ2) is 9.58. The number of anilines is 2. The molecule has 0 spiro atoms. The Morgan fingerprint density at radius 3 is 2.76 bits per heavy atom. The van der Waals surface area contributed by atoms with Gasteiger partial charge in [-0.1, -0.05) is 23.5 Å². The number of halogens is 2. The summed E-state index contributed by atoms with van der Waals surface area (Å²) in [7, 11) is 1.82. The number of nitrogens with zero attached hydrogens (tertiary/aromatic N) is 1. The molecule has 0 aliphatic heterocycles. The molecule has 1 atom stereocenters. The van der Waals surface area contributed by atoms with Crippen LogP contribution < -0.4 is 16.4 Å². The van der Waals surface area contributed by atoms with E-state index in [0.29, 0.717) is 24.9 Å². The van der Waals surface area contributed by atoms with Gasteiger partial charge < -0.3 is 21.2 Å². The van der Waals surface area contributed by atoms with Crippen LogP contribution in [0.5, 0.6) is 0 Å². The van der Waals surface area contributed by atoms with Crippen molar-refractivity contribution >= 4 is 28.4 Å². The highest BCUT2D eigenvalue weighted by atomic mass is 32.1. The number of rotatable bonds is 9. The van der Waals surface area contributed by atoms with E-state index in [1.807, 2.05) is 25.2 Å². The fourth-order valence-electron chi connectivity index (χ4n) is 3.00. The maximum absolute atomic E-state index is 13.3. The minimum absolute atomic E-state index is 0.277. The van der Waals surface area contributed by atoms with Crippen molar-refractivity contribution in [2.45, 2.75) is 18.9 Å². The SMILES string of the molecule is CNc1ccc(-c2cnc(NC[C@@H](N)Cc3ccc(F)c(F)c3)s2)cc1CC=O. The van der Waals surface area contributed by atoms with Crippen molar-refractivity contribution in [3.8, 4) is 10.4 Å². The molecule has 3 aromatic rings. The largest absolute Gasteiger partial charge is 0.388 e. The number of benzene rings is 2. The molecular weight excluding hydrogens is 394 g/mol. The fraction of sp³-hybridized carbons (Fsp3) is 0.238. The van der Waals surface area contributed by atoms with Crippen LogP contribution in [0.1, 0.15) is 11.1 Å². The van der Waals surface area contributed by atoms with Crippen molar-refractivity contribution < 1.29 is 13.6 Å². The van der Waals surface area contributed by atoms with E-state index in [4.69, 9.17) is 5.73 Å². The summed E-state index contributed by atoms with van der Waals surface area (Å²) in [6, 6.07) is 9.43. The van der Waals surface area contributed by atoms with E-state index in [-0.39, 0.29) is 6.04 Å². The zero-order valence-corrected chi connectivity index (χ0v) is 16.7. The second-order valence-electron chi connectivity index (χ2n) is 6.62. The number of carbonyl (C=O) groups excluding carboxylic acids is 1. The molecule has 5 nitrogen and oxygen atoms in total. The van der Waals surface area contributed by atoms with Crippen LogP contribution in [0.3, 0.4) is 0 Å². The van der Waals surface area contributed by atoms with Gasteiger partial charge in [0, 0.05) is 37.9 Å². The molecule has 0 saturated heterocycles. The maximum Gasteiger partial charge on any atom is 0.183 e. The predicted octanol–water partition coefficient (Wildman–Crippen LogP) is 3.85. The van der Waals surface area contributed by atoms with Gasteiger partial charge in [-0.3, -0.25) is 0 Å². The Kier molecular flexibility index (Phi) is 6.90. The Bertz CT molecular complexity index is 993. The van der Waals surface area contributed by atoms with Crippen LogP contribution in [0.2, 0.25) is 0 Å². The molecule has 0 unspecified atom stereocenters. The van der Waals surface area contributed by atoms with Crippen molar-refractivity contribution in [1.29, 1.82) is 0 Å². The van der Waals surface area contributed by atoms with Gasteiger partial charge >= 0.3 is 0 Å². The minimum atomic E-state index is -0.870. The first-order valence-corrected chi connectivity index (χ1v) is 9.95. The molecular formula is C21H22F2N4OS. The van der Waals surface area contributed by atoms with E-state index < -0.39 is 11.6 Å². The lowest BCUT2D eigenvalue weighted by Gasteiger charge is -2.12. The fourth-order valence-corrected chi connectivity index (χ4v) is 3.82. The summed E-state index contributed by atoms with van der Waals surface area (Å²) in [5.41, 5.74) is 9.58. The molecule has 0 fully saturated rings. The van der Waals surface area contributed by atoms with Crippen molar-refractivity contribution in [2.24, 2.45) is 5.73 Å². The number of hydrogen-bond donors (Lipinski definition) is 3. The van der Waals surface area contributed by atoms with Crippen molar-refractivity contribution in [3.63, 3.8) is 0 Å². The number of thiazole rings is 1. The highest BCUT2D eigenvalue weighted by Crippen LogP contribution is 2.31. The molecule has 4 N–H and O–H groups in total. The Labute approximate surface area is 172 Å². The number of hydrogen-bond acceptors (Lipinski definition) is 6. The average Bonchev–Trinajstić information content (AvgIpc) is 3.18. The molecule has 0 aliphatic carbocycles. The van der Waals surface area contributed by atoms with E-state index in [9.17, 15) is 13.6 Å². The first kappa shape index (κ1) is 20.9. The van der Waals surface area contributed by atoms with Gasteiger partial charge in [0.05, 0.1) is 4.88 Å². The van der Waals surface area contributed by atoms with E-state index in [2.05, 4.69) is 15.6 Å². The highest BCUT2D eigenvalue weighted by Gasteiger charge is 2.11. The molecule has 0 saturated carbocycles. The van der Waals surface area contributed by atoms with Crippen LogP contribution in [-0.2, 0) is 17.6 Å². The van der Waals surface area contributed by atoms with E-state index >= 15 is 0 Å². The summed E-state index contributed by atoms with van der Waals surface area (Å²) in [6.07, 6.45) is 3.41. The van der Waals surface area contributed by atoms with Gasteiger partial charge in [-0.15, -0.1) is 0 Å². The zero-order chi connectivity index (χ0) is 20.8. The summed E-state index contributed by atoms with van der Waals surface area (Å²) in [4.78, 5) is 16.3. The molecule has 0 radical (unpaired) electrons. The maximum atomic E-state index is 13.3. The molecule has 1 aromatic heterocycles. The van der Waals surface area contributed by atoms with Crippen LogP contribution in [0.4, 0.5) is 19.6 Å². The van der Waals surface area contributed by atoms with E-state index in [1.54, 1.807) is 6.20 Å². The molecule has 8 heteroatoms. The Hall–Kier alpha value is -2.84. The highest BCUT2D eigenvalue weighted by molar-refractivity contribution is 7.18. The van der Waals surface area contributed by atoms with Crippen LogP contribution in [0.25, 0.3) is 10.4 Å². The van der Waals surface area contributed by atoms with Gasteiger partial charge in [-0.2, -0.15) is 0 Å². The van der Waals surface area contributed by atoms with Crippen LogP contribution in [0.15, 0.2) is 42.6 Å². The third kappa shape index (κ3) is 5.36. The first-order valence-electron chi connectivity index (χ1n) is 9.14. The third-order valence-electron chi connectivity index (χ3n) is 4.47.